The van der Waals surface area contributed by atoms with Crippen LogP contribution in [-0.4, -0.2) is 20.7 Å². The van der Waals surface area contributed by atoms with Crippen LogP contribution in [0.1, 0.15) is 64.7 Å². The summed E-state index contributed by atoms with van der Waals surface area (Å²) in [6.45, 7) is 2.55. The van der Waals surface area contributed by atoms with Gasteiger partial charge in [-0.2, -0.15) is 5.26 Å². The first-order valence-corrected chi connectivity index (χ1v) is 8.62. The number of hydrogen-bond donors (Lipinski definition) is 1. The van der Waals surface area contributed by atoms with Crippen LogP contribution in [0.5, 0.6) is 0 Å². The van der Waals surface area contributed by atoms with Crippen molar-refractivity contribution in [1.82, 2.24) is 4.72 Å². The van der Waals surface area contributed by atoms with Gasteiger partial charge in [0.2, 0.25) is 10.0 Å². The van der Waals surface area contributed by atoms with Gasteiger partial charge < -0.3 is 0 Å². The molecule has 0 saturated heterocycles. The summed E-state index contributed by atoms with van der Waals surface area (Å²) in [6, 6.07) is 2.14. The van der Waals surface area contributed by atoms with Crippen LogP contribution in [0, 0.1) is 11.3 Å². The van der Waals surface area contributed by atoms with Gasteiger partial charge in [-0.3, -0.25) is 0 Å². The molecule has 0 spiro atoms. The Morgan fingerprint density at radius 1 is 1.00 bits per heavy atom. The van der Waals surface area contributed by atoms with Crippen molar-refractivity contribution >= 4 is 10.0 Å². The highest BCUT2D eigenvalue weighted by molar-refractivity contribution is 7.89. The third-order valence-corrected chi connectivity index (χ3v) is 4.27. The van der Waals surface area contributed by atoms with Gasteiger partial charge in [0.15, 0.2) is 0 Å². The third-order valence-electron chi connectivity index (χ3n) is 2.80. The van der Waals surface area contributed by atoms with Gasteiger partial charge in [0.25, 0.3) is 0 Å². The lowest BCUT2D eigenvalue weighted by Crippen LogP contribution is -2.27. The van der Waals surface area contributed by atoms with Crippen molar-refractivity contribution in [3.8, 4) is 6.07 Å². The summed E-state index contributed by atoms with van der Waals surface area (Å²) >= 11 is 0. The van der Waals surface area contributed by atoms with E-state index in [1.54, 1.807) is 0 Å². The molecule has 0 radical (unpaired) electrons. The summed E-state index contributed by atoms with van der Waals surface area (Å²) in [5.41, 5.74) is 0. The van der Waals surface area contributed by atoms with Crippen molar-refractivity contribution in [2.24, 2.45) is 0 Å². The predicted molar refractivity (Wildman–Crippen MR) is 74.6 cm³/mol. The molecule has 0 heterocycles. The first-order valence-electron chi connectivity index (χ1n) is 6.96. The molecule has 0 aliphatic rings. The van der Waals surface area contributed by atoms with Crippen LogP contribution in [0.25, 0.3) is 0 Å². The number of nitrogens with one attached hydrogen (secondary N) is 1. The molecule has 0 bridgehead atoms. The molecular weight excluding hydrogens is 248 g/mol. The summed E-state index contributed by atoms with van der Waals surface area (Å²) in [4.78, 5) is 0. The summed E-state index contributed by atoms with van der Waals surface area (Å²) in [6.07, 6.45) is 8.61. The monoisotopic (exact) mass is 274 g/mol. The van der Waals surface area contributed by atoms with Gasteiger partial charge in [-0.05, 0) is 19.3 Å². The van der Waals surface area contributed by atoms with Gasteiger partial charge in [0.05, 0.1) is 11.8 Å². The minimum atomic E-state index is -3.03. The van der Waals surface area contributed by atoms with Gasteiger partial charge in [-0.15, -0.1) is 0 Å². The summed E-state index contributed by atoms with van der Waals surface area (Å²) in [5.74, 6) is 0.248. The lowest BCUT2D eigenvalue weighted by molar-refractivity contribution is 0.563. The molecule has 0 aromatic heterocycles. The maximum atomic E-state index is 11.5. The molecule has 0 atom stereocenters. The van der Waals surface area contributed by atoms with E-state index in [0.717, 1.165) is 51.4 Å². The lowest BCUT2D eigenvalue weighted by Gasteiger charge is -2.05. The average molecular weight is 274 g/mol. The fourth-order valence-corrected chi connectivity index (χ4v) is 2.94. The number of unbranched alkanes of at least 4 members (excludes halogenated alkanes) is 7. The SMILES string of the molecule is CCCCS(=O)(=O)NCCCCCCCCC#N. The standard InChI is InChI=1S/C13H26N2O2S/c1-2-3-13-18(16,17)15-12-10-8-6-4-5-7-9-11-14/h15H,2-10,12-13H2,1H3. The van der Waals surface area contributed by atoms with Crippen molar-refractivity contribution in [3.63, 3.8) is 0 Å². The molecule has 5 heteroatoms. The van der Waals surface area contributed by atoms with Gasteiger partial charge in [-0.25, -0.2) is 13.1 Å². The quantitative estimate of drug-likeness (QED) is 0.556. The zero-order valence-electron chi connectivity index (χ0n) is 11.5. The number of rotatable bonds is 12. The number of nitrogens with zero attached hydrogens (tertiary/aromatic N) is 1. The highest BCUT2D eigenvalue weighted by Crippen LogP contribution is 2.06. The van der Waals surface area contributed by atoms with Crippen LogP contribution in [0.3, 0.4) is 0 Å². The van der Waals surface area contributed by atoms with Gasteiger partial charge >= 0.3 is 0 Å². The Bertz CT molecular complexity index is 320. The molecule has 18 heavy (non-hydrogen) atoms. The fourth-order valence-electron chi connectivity index (χ4n) is 1.67. The van der Waals surface area contributed by atoms with E-state index in [4.69, 9.17) is 5.26 Å². The molecule has 0 amide bonds. The Morgan fingerprint density at radius 3 is 2.22 bits per heavy atom. The number of hydrogen-bond acceptors (Lipinski definition) is 3. The Hall–Kier alpha value is -0.600. The van der Waals surface area contributed by atoms with Crippen LogP contribution in [-0.2, 0) is 10.0 Å². The highest BCUT2D eigenvalue weighted by Gasteiger charge is 2.07. The largest absolute Gasteiger partial charge is 0.215 e. The van der Waals surface area contributed by atoms with E-state index in [0.29, 0.717) is 13.0 Å². The molecule has 0 aromatic carbocycles. The van der Waals surface area contributed by atoms with Crippen molar-refractivity contribution in [2.75, 3.05) is 12.3 Å². The van der Waals surface area contributed by atoms with E-state index < -0.39 is 10.0 Å². The highest BCUT2D eigenvalue weighted by atomic mass is 32.2. The van der Waals surface area contributed by atoms with Crippen LogP contribution in [0.4, 0.5) is 0 Å². The second kappa shape index (κ2) is 11.5. The van der Waals surface area contributed by atoms with E-state index >= 15 is 0 Å². The minimum Gasteiger partial charge on any atom is -0.215 e. The van der Waals surface area contributed by atoms with Gasteiger partial charge in [0, 0.05) is 13.0 Å². The normalized spacial score (nSPS) is 11.3. The van der Waals surface area contributed by atoms with Crippen LogP contribution in [0.2, 0.25) is 0 Å². The number of sulfonamides is 1. The van der Waals surface area contributed by atoms with Crippen molar-refractivity contribution in [2.45, 2.75) is 64.7 Å². The zero-order valence-corrected chi connectivity index (χ0v) is 12.3. The molecule has 1 N–H and O–H groups in total. The van der Waals surface area contributed by atoms with Crippen molar-refractivity contribution in [3.05, 3.63) is 0 Å². The number of nitriles is 1. The molecule has 0 fully saturated rings. The Morgan fingerprint density at radius 2 is 1.61 bits per heavy atom. The van der Waals surface area contributed by atoms with Crippen molar-refractivity contribution in [1.29, 1.82) is 5.26 Å². The van der Waals surface area contributed by atoms with Crippen molar-refractivity contribution < 1.29 is 8.42 Å². The summed E-state index contributed by atoms with van der Waals surface area (Å²) in [7, 11) is -3.03. The van der Waals surface area contributed by atoms with Crippen LogP contribution < -0.4 is 4.72 Å². The zero-order chi connectivity index (χ0) is 13.7. The summed E-state index contributed by atoms with van der Waals surface area (Å²) in [5, 5.41) is 8.36. The van der Waals surface area contributed by atoms with E-state index in [1.807, 2.05) is 6.92 Å². The van der Waals surface area contributed by atoms with Crippen LogP contribution in [0.15, 0.2) is 0 Å². The molecule has 0 aromatic rings. The van der Waals surface area contributed by atoms with E-state index in [-0.39, 0.29) is 5.75 Å². The molecular formula is C13H26N2O2S. The first-order chi connectivity index (χ1) is 8.62. The molecule has 0 rings (SSSR count). The van der Waals surface area contributed by atoms with E-state index in [9.17, 15) is 8.42 Å². The maximum absolute atomic E-state index is 11.5. The predicted octanol–water partition coefficient (Wildman–Crippen LogP) is 2.96. The maximum Gasteiger partial charge on any atom is 0.211 e. The fraction of sp³-hybridized carbons (Fsp3) is 0.923. The second-order valence-electron chi connectivity index (χ2n) is 4.60. The molecule has 0 unspecified atom stereocenters. The van der Waals surface area contributed by atoms with E-state index in [1.165, 1.54) is 0 Å². The summed E-state index contributed by atoms with van der Waals surface area (Å²) < 4.78 is 25.5. The average Bonchev–Trinajstić information content (AvgIpc) is 2.34. The van der Waals surface area contributed by atoms with E-state index in [2.05, 4.69) is 10.8 Å². The van der Waals surface area contributed by atoms with Crippen LogP contribution >= 0.6 is 0 Å². The third kappa shape index (κ3) is 11.9. The molecule has 0 aliphatic carbocycles. The Labute approximate surface area is 112 Å². The van der Waals surface area contributed by atoms with Gasteiger partial charge in [-0.1, -0.05) is 39.0 Å². The molecule has 106 valence electrons. The molecule has 0 saturated carbocycles. The topological polar surface area (TPSA) is 70.0 Å². The first kappa shape index (κ1) is 17.4. The smallest absolute Gasteiger partial charge is 0.211 e. The minimum absolute atomic E-state index is 0.248. The Kier molecular flexibility index (Phi) is 11.1. The van der Waals surface area contributed by atoms with Gasteiger partial charge in [0.1, 0.15) is 0 Å². The molecule has 0 aliphatic heterocycles. The molecule has 4 nitrogen and oxygen atoms in total. The second-order valence-corrected chi connectivity index (χ2v) is 6.52. The Balaban J connectivity index is 3.32. The lowest BCUT2D eigenvalue weighted by atomic mass is 10.1.